The highest BCUT2D eigenvalue weighted by Crippen LogP contribution is 2.37. The first-order valence-corrected chi connectivity index (χ1v) is 16.1. The Morgan fingerprint density at radius 1 is 1.00 bits per heavy atom. The highest BCUT2D eigenvalue weighted by molar-refractivity contribution is 8.00. The van der Waals surface area contributed by atoms with Gasteiger partial charge >= 0.3 is 5.56 Å². The molecule has 8 nitrogen and oxygen atoms in total. The third kappa shape index (κ3) is 5.97. The number of aromatic nitrogens is 3. The van der Waals surface area contributed by atoms with Crippen LogP contribution in [-0.4, -0.2) is 53.0 Å². The zero-order valence-corrected chi connectivity index (χ0v) is 25.1. The summed E-state index contributed by atoms with van der Waals surface area (Å²) in [6, 6.07) is 18.4. The van der Waals surface area contributed by atoms with E-state index < -0.39 is 0 Å². The molecule has 5 aromatic rings. The fourth-order valence-corrected chi connectivity index (χ4v) is 7.26. The molecule has 0 aliphatic carbocycles. The molecule has 2 aliphatic heterocycles. The fourth-order valence-electron chi connectivity index (χ4n) is 5.31. The van der Waals surface area contributed by atoms with Gasteiger partial charge in [0.1, 0.15) is 23.1 Å². The minimum atomic E-state index is -0.272. The van der Waals surface area contributed by atoms with Crippen LogP contribution in [0.15, 0.2) is 77.9 Å². The van der Waals surface area contributed by atoms with Gasteiger partial charge in [0.2, 0.25) is 5.75 Å². The average Bonchev–Trinajstić information content (AvgIpc) is 3.75. The molecule has 0 bridgehead atoms. The molecule has 43 heavy (non-hydrogen) atoms. The van der Waals surface area contributed by atoms with Crippen molar-refractivity contribution in [2.24, 2.45) is 0 Å². The van der Waals surface area contributed by atoms with Gasteiger partial charge in [-0.3, -0.25) is 9.20 Å². The van der Waals surface area contributed by atoms with Gasteiger partial charge in [0.05, 0.1) is 24.6 Å². The van der Waals surface area contributed by atoms with E-state index in [2.05, 4.69) is 15.3 Å². The zero-order chi connectivity index (χ0) is 29.2. The molecular formula is C32H30FN5O3S2. The maximum absolute atomic E-state index is 14.3. The molecule has 7 rings (SSSR count). The standard InChI is InChI=1S/C32H30FN5O3S2/c33-24-9-7-22(8-10-24)17-26-19-34-31(43-26)28-29(41-21-23-5-2-1-3-6-23)32(39)37-20-25(36-12-14-40-15-13-36)18-27(30(37)35-28)38-11-4-16-42-38/h1-3,5-10,18-20H,4,11-17,21H2. The van der Waals surface area contributed by atoms with Gasteiger partial charge < -0.3 is 18.7 Å². The summed E-state index contributed by atoms with van der Waals surface area (Å²) in [5.41, 5.74) is 4.53. The average molecular weight is 616 g/mol. The normalized spacial score (nSPS) is 15.4. The lowest BCUT2D eigenvalue weighted by Crippen LogP contribution is -2.36. The number of anilines is 2. The summed E-state index contributed by atoms with van der Waals surface area (Å²) in [6.07, 6.45) is 5.34. The van der Waals surface area contributed by atoms with E-state index in [9.17, 15) is 9.18 Å². The van der Waals surface area contributed by atoms with Crippen molar-refractivity contribution in [3.63, 3.8) is 0 Å². The highest BCUT2D eigenvalue weighted by Gasteiger charge is 2.26. The van der Waals surface area contributed by atoms with Crippen LogP contribution in [0.3, 0.4) is 0 Å². The number of benzene rings is 2. The van der Waals surface area contributed by atoms with Gasteiger partial charge in [-0.1, -0.05) is 42.5 Å². The number of halogens is 1. The van der Waals surface area contributed by atoms with Crippen LogP contribution in [0.4, 0.5) is 15.8 Å². The molecule has 220 valence electrons. The van der Waals surface area contributed by atoms with Crippen LogP contribution in [-0.2, 0) is 17.8 Å². The van der Waals surface area contributed by atoms with Gasteiger partial charge in [0.15, 0.2) is 5.65 Å². The summed E-state index contributed by atoms with van der Waals surface area (Å²) >= 11 is 3.22. The highest BCUT2D eigenvalue weighted by atomic mass is 32.2. The maximum Gasteiger partial charge on any atom is 0.301 e. The van der Waals surface area contributed by atoms with Gasteiger partial charge in [0, 0.05) is 49.1 Å². The molecule has 2 aliphatic rings. The van der Waals surface area contributed by atoms with E-state index in [-0.39, 0.29) is 23.7 Å². The van der Waals surface area contributed by atoms with E-state index in [4.69, 9.17) is 19.4 Å². The second kappa shape index (κ2) is 12.4. The fraction of sp³-hybridized carbons (Fsp3) is 0.281. The number of thiazole rings is 1. The van der Waals surface area contributed by atoms with Crippen molar-refractivity contribution >= 4 is 40.3 Å². The molecule has 3 aromatic heterocycles. The molecule has 11 heteroatoms. The molecule has 0 amide bonds. The summed E-state index contributed by atoms with van der Waals surface area (Å²) in [6.45, 7) is 3.91. The molecule has 5 heterocycles. The second-order valence-corrected chi connectivity index (χ2v) is 12.7. The monoisotopic (exact) mass is 615 g/mol. The van der Waals surface area contributed by atoms with E-state index in [0.29, 0.717) is 36.0 Å². The Morgan fingerprint density at radius 2 is 1.81 bits per heavy atom. The van der Waals surface area contributed by atoms with Crippen molar-refractivity contribution in [2.45, 2.75) is 19.4 Å². The molecule has 0 radical (unpaired) electrons. The third-order valence-electron chi connectivity index (χ3n) is 7.52. The molecule has 0 spiro atoms. The molecule has 0 saturated carbocycles. The van der Waals surface area contributed by atoms with E-state index in [1.807, 2.05) is 36.5 Å². The summed E-state index contributed by atoms with van der Waals surface area (Å²) in [5, 5.41) is 0.608. The number of hydrogen-bond donors (Lipinski definition) is 0. The minimum Gasteiger partial charge on any atom is -0.481 e. The predicted octanol–water partition coefficient (Wildman–Crippen LogP) is 5.82. The van der Waals surface area contributed by atoms with Crippen molar-refractivity contribution in [1.82, 2.24) is 14.4 Å². The lowest BCUT2D eigenvalue weighted by molar-refractivity contribution is 0.122. The first-order chi connectivity index (χ1) is 21.1. The molecule has 0 atom stereocenters. The molecular weight excluding hydrogens is 586 g/mol. The van der Waals surface area contributed by atoms with Crippen LogP contribution < -0.4 is 19.5 Å². The van der Waals surface area contributed by atoms with Gasteiger partial charge in [-0.2, -0.15) is 0 Å². The number of ether oxygens (including phenoxy) is 2. The third-order valence-corrected chi connectivity index (χ3v) is 9.69. The first-order valence-electron chi connectivity index (χ1n) is 14.3. The lowest BCUT2D eigenvalue weighted by Gasteiger charge is -2.30. The number of fused-ring (bicyclic) bond motifs is 1. The van der Waals surface area contributed by atoms with Gasteiger partial charge in [0.25, 0.3) is 0 Å². The Hall–Kier alpha value is -3.93. The van der Waals surface area contributed by atoms with Crippen molar-refractivity contribution in [3.8, 4) is 16.5 Å². The summed E-state index contributed by atoms with van der Waals surface area (Å²) in [7, 11) is 0. The second-order valence-electron chi connectivity index (χ2n) is 10.5. The smallest absolute Gasteiger partial charge is 0.301 e. The number of rotatable bonds is 8. The van der Waals surface area contributed by atoms with Gasteiger partial charge in [-0.05, 0) is 47.7 Å². The van der Waals surface area contributed by atoms with Crippen molar-refractivity contribution in [2.75, 3.05) is 47.8 Å². The van der Waals surface area contributed by atoms with E-state index in [1.165, 1.54) is 23.5 Å². The maximum atomic E-state index is 14.3. The quantitative estimate of drug-likeness (QED) is 0.202. The Bertz CT molecular complexity index is 1780. The summed E-state index contributed by atoms with van der Waals surface area (Å²) in [5.74, 6) is 0.921. The predicted molar refractivity (Wildman–Crippen MR) is 170 cm³/mol. The Labute approximate surface area is 256 Å². The number of nitrogens with zero attached hydrogens (tertiary/aromatic N) is 5. The molecule has 0 unspecified atom stereocenters. The lowest BCUT2D eigenvalue weighted by atomic mass is 10.1. The van der Waals surface area contributed by atoms with Crippen LogP contribution in [0.25, 0.3) is 16.3 Å². The van der Waals surface area contributed by atoms with Crippen LogP contribution in [0.1, 0.15) is 22.4 Å². The zero-order valence-electron chi connectivity index (χ0n) is 23.4. The number of hydrogen-bond acceptors (Lipinski definition) is 9. The van der Waals surface area contributed by atoms with Crippen molar-refractivity contribution in [3.05, 3.63) is 105 Å². The van der Waals surface area contributed by atoms with E-state index >= 15 is 0 Å². The Balaban J connectivity index is 1.35. The Morgan fingerprint density at radius 3 is 2.58 bits per heavy atom. The molecule has 2 aromatic carbocycles. The SMILES string of the molecule is O=c1c(OCc2ccccc2)c(-c2ncc(Cc3ccc(F)cc3)s2)nc2c(N3CCCS3)cc(N3CCOCC3)cn12. The Kier molecular flexibility index (Phi) is 8.01. The van der Waals surface area contributed by atoms with Gasteiger partial charge in [-0.15, -0.1) is 11.3 Å². The summed E-state index contributed by atoms with van der Waals surface area (Å²) < 4.78 is 29.2. The van der Waals surface area contributed by atoms with E-state index in [0.717, 1.165) is 59.2 Å². The molecule has 2 fully saturated rings. The largest absolute Gasteiger partial charge is 0.481 e. The van der Waals surface area contributed by atoms with Crippen LogP contribution in [0.2, 0.25) is 0 Å². The minimum absolute atomic E-state index is 0.170. The summed E-state index contributed by atoms with van der Waals surface area (Å²) in [4.78, 5) is 27.4. The number of morpholine rings is 1. The van der Waals surface area contributed by atoms with Crippen LogP contribution in [0.5, 0.6) is 5.75 Å². The van der Waals surface area contributed by atoms with Crippen LogP contribution >= 0.6 is 23.3 Å². The molecule has 0 N–H and O–H groups in total. The topological polar surface area (TPSA) is 72.2 Å². The molecule has 2 saturated heterocycles. The van der Waals surface area contributed by atoms with Crippen LogP contribution in [0, 0.1) is 5.82 Å². The van der Waals surface area contributed by atoms with E-state index in [1.54, 1.807) is 34.7 Å². The van der Waals surface area contributed by atoms with Crippen molar-refractivity contribution < 1.29 is 13.9 Å². The van der Waals surface area contributed by atoms with Crippen molar-refractivity contribution in [1.29, 1.82) is 0 Å². The number of pyridine rings is 1. The first kappa shape index (κ1) is 27.9. The van der Waals surface area contributed by atoms with Gasteiger partial charge in [-0.25, -0.2) is 14.4 Å².